The van der Waals surface area contributed by atoms with Gasteiger partial charge in [-0.15, -0.1) is 0 Å². The predicted molar refractivity (Wildman–Crippen MR) is 142 cm³/mol. The van der Waals surface area contributed by atoms with Gasteiger partial charge >= 0.3 is 39.3 Å². The second-order valence-corrected chi connectivity index (χ2v) is 13.6. The molecule has 0 spiro atoms. The van der Waals surface area contributed by atoms with Gasteiger partial charge in [-0.2, -0.15) is 0 Å². The maximum atomic E-state index is 6.16. The van der Waals surface area contributed by atoms with E-state index in [4.69, 9.17) is 14.7 Å². The van der Waals surface area contributed by atoms with Crippen LogP contribution in [-0.4, -0.2) is 23.8 Å². The van der Waals surface area contributed by atoms with Crippen molar-refractivity contribution in [3.8, 4) is 0 Å². The van der Waals surface area contributed by atoms with Gasteiger partial charge in [0.15, 0.2) is 0 Å². The number of para-hydroxylation sites is 1. The van der Waals surface area contributed by atoms with Gasteiger partial charge in [0.1, 0.15) is 12.3 Å². The molecule has 0 bridgehead atoms. The molecule has 2 aromatic carbocycles. The summed E-state index contributed by atoms with van der Waals surface area (Å²) in [6, 6.07) is 16.8. The van der Waals surface area contributed by atoms with E-state index in [9.17, 15) is 0 Å². The van der Waals surface area contributed by atoms with Crippen molar-refractivity contribution in [2.75, 3.05) is 6.61 Å². The van der Waals surface area contributed by atoms with Crippen LogP contribution in [0.3, 0.4) is 0 Å². The Morgan fingerprint density at radius 2 is 1.50 bits per heavy atom. The van der Waals surface area contributed by atoms with Gasteiger partial charge in [-0.05, 0) is 35.8 Å². The molecule has 0 unspecified atom stereocenters. The predicted octanol–water partition coefficient (Wildman–Crippen LogP) is 8.73. The Kier molecular flexibility index (Phi) is 11.1. The first-order valence-corrected chi connectivity index (χ1v) is 16.0. The third-order valence-electron chi connectivity index (χ3n) is 5.95. The number of hydrogen-bond donors (Lipinski definition) is 0. The Labute approximate surface area is 213 Å². The van der Waals surface area contributed by atoms with Crippen molar-refractivity contribution in [1.29, 1.82) is 0 Å². The molecule has 1 aliphatic rings. The Morgan fingerprint density at radius 1 is 0.969 bits per heavy atom. The van der Waals surface area contributed by atoms with E-state index in [0.29, 0.717) is 24.3 Å². The fourth-order valence-corrected chi connectivity index (χ4v) is 3.80. The minimum atomic E-state index is -0.136. The van der Waals surface area contributed by atoms with Crippen LogP contribution >= 0.6 is 28.5 Å². The van der Waals surface area contributed by atoms with E-state index >= 15 is 0 Å². The monoisotopic (exact) mass is 606 g/mol. The van der Waals surface area contributed by atoms with Crippen LogP contribution in [0.15, 0.2) is 58.5 Å². The molecule has 0 saturated carbocycles. The second kappa shape index (κ2) is 13.1. The number of ether oxygens (including phenoxy) is 1. The zero-order chi connectivity index (χ0) is 23.7. The minimum absolute atomic E-state index is 0.136. The van der Waals surface area contributed by atoms with Gasteiger partial charge in [0.05, 0.1) is 11.2 Å². The number of halogens is 2. The summed E-state index contributed by atoms with van der Waals surface area (Å²) < 4.78 is 6.16. The average molecular weight is 609 g/mol. The van der Waals surface area contributed by atoms with E-state index in [1.54, 1.807) is 0 Å². The van der Waals surface area contributed by atoms with Gasteiger partial charge in [-0.25, -0.2) is 9.98 Å². The topological polar surface area (TPSA) is 34.0 Å². The van der Waals surface area contributed by atoms with Gasteiger partial charge in [0.25, 0.3) is 0 Å². The summed E-state index contributed by atoms with van der Waals surface area (Å²) in [5.41, 5.74) is 5.34. The van der Waals surface area contributed by atoms with Crippen molar-refractivity contribution in [3.63, 3.8) is 0 Å². The van der Waals surface area contributed by atoms with E-state index in [2.05, 4.69) is 100 Å². The van der Waals surface area contributed by atoms with E-state index in [1.807, 2.05) is 18.2 Å². The summed E-state index contributed by atoms with van der Waals surface area (Å²) in [6.07, 6.45) is 1.93. The molecule has 0 aromatic heterocycles. The summed E-state index contributed by atoms with van der Waals surface area (Å²) in [5, 5.41) is 0. The molecule has 6 heteroatoms. The van der Waals surface area contributed by atoms with Gasteiger partial charge in [-0.1, -0.05) is 90.1 Å². The van der Waals surface area contributed by atoms with Crippen LogP contribution < -0.4 is 0 Å². The Morgan fingerprint density at radius 3 is 1.94 bits per heavy atom. The molecular formula is C26H34Br2N2NiO. The molecule has 2 aromatic rings. The molecular weight excluding hydrogens is 575 g/mol. The quantitative estimate of drug-likeness (QED) is 0.229. The fraction of sp³-hybridized carbons (Fsp3) is 0.462. The molecule has 1 heterocycles. The summed E-state index contributed by atoms with van der Waals surface area (Å²) in [7, 11) is 1.25. The summed E-state index contributed by atoms with van der Waals surface area (Å²) >= 11 is 6.00. The number of nitrogens with zero attached hydrogens (tertiary/aromatic N) is 2. The van der Waals surface area contributed by atoms with Crippen molar-refractivity contribution in [1.82, 2.24) is 0 Å². The molecule has 32 heavy (non-hydrogen) atoms. The van der Waals surface area contributed by atoms with Crippen molar-refractivity contribution in [3.05, 3.63) is 65.2 Å². The van der Waals surface area contributed by atoms with Crippen LogP contribution in [-0.2, 0) is 15.6 Å². The van der Waals surface area contributed by atoms with Crippen molar-refractivity contribution in [2.45, 2.75) is 71.8 Å². The third-order valence-corrected chi connectivity index (χ3v) is 5.95. The van der Waals surface area contributed by atoms with E-state index in [1.165, 1.54) is 22.0 Å². The van der Waals surface area contributed by atoms with Crippen molar-refractivity contribution < 1.29 is 15.6 Å². The molecule has 0 N–H and O–H groups in total. The zero-order valence-electron chi connectivity index (χ0n) is 19.8. The van der Waals surface area contributed by atoms with Crippen molar-refractivity contribution in [2.24, 2.45) is 9.98 Å². The Balaban J connectivity index is 0.00000114. The molecule has 0 aliphatic carbocycles. The maximum absolute atomic E-state index is 6.16. The molecule has 3 nitrogen and oxygen atoms in total. The molecule has 0 radical (unpaired) electrons. The zero-order valence-corrected chi connectivity index (χ0v) is 23.9. The molecule has 0 fully saturated rings. The van der Waals surface area contributed by atoms with Crippen LogP contribution in [0.25, 0.3) is 0 Å². The first-order chi connectivity index (χ1) is 15.3. The normalized spacial score (nSPS) is 15.4. The summed E-state index contributed by atoms with van der Waals surface area (Å²) in [4.78, 5) is 10.3. The molecule has 0 saturated heterocycles. The molecule has 1 aliphatic heterocycles. The van der Waals surface area contributed by atoms with Gasteiger partial charge in [0, 0.05) is 5.56 Å². The van der Waals surface area contributed by atoms with Gasteiger partial charge in [0.2, 0.25) is 5.90 Å². The third kappa shape index (κ3) is 6.77. The van der Waals surface area contributed by atoms with E-state index in [-0.39, 0.29) is 5.54 Å². The van der Waals surface area contributed by atoms with Crippen LogP contribution in [0, 0.1) is 0 Å². The second-order valence-electron chi connectivity index (χ2n) is 8.60. The summed E-state index contributed by atoms with van der Waals surface area (Å²) in [6.45, 7) is 13.9. The number of hydrogen-bond acceptors (Lipinski definition) is 3. The van der Waals surface area contributed by atoms with Crippen molar-refractivity contribution >= 4 is 45.7 Å². The van der Waals surface area contributed by atoms with Gasteiger partial charge in [-0.3, -0.25) is 0 Å². The van der Waals surface area contributed by atoms with E-state index < -0.39 is 0 Å². The first kappa shape index (κ1) is 27.3. The Bertz CT molecular complexity index is 896. The van der Waals surface area contributed by atoms with Crippen LogP contribution in [0.2, 0.25) is 0 Å². The van der Waals surface area contributed by atoms with Gasteiger partial charge < -0.3 is 4.74 Å². The van der Waals surface area contributed by atoms with Crippen LogP contribution in [0.1, 0.15) is 82.9 Å². The SMILES string of the molecule is CCC1(CC)COC(C(=Nc2c(C(C)C)cccc2C(C)C)c2ccccc2)=N1.[Br][Ni][Br]. The number of aliphatic imine (C=N–C) groups is 2. The summed E-state index contributed by atoms with van der Waals surface area (Å²) in [5.74, 6) is 1.45. The average Bonchev–Trinajstić information content (AvgIpc) is 3.23. The molecule has 178 valence electrons. The molecule has 3 rings (SSSR count). The standard InChI is InChI=1S/C26H34N2O.2BrH.Ni/c1-7-26(8-2)17-29-25(28-26)23(20-13-10-9-11-14-20)27-24-21(18(3)4)15-12-16-22(24)19(5)6;;;/h9-16,18-19H,7-8,17H2,1-6H3;2*1H;/q;;;+2/p-2. The Hall–Kier alpha value is -0.966. The fourth-order valence-electron chi connectivity index (χ4n) is 3.80. The number of benzene rings is 2. The first-order valence-electron chi connectivity index (χ1n) is 11.1. The van der Waals surface area contributed by atoms with Crippen LogP contribution in [0.5, 0.6) is 0 Å². The molecule has 0 atom stereocenters. The molecule has 0 amide bonds. The number of rotatable bonds is 7. The van der Waals surface area contributed by atoms with Crippen LogP contribution in [0.4, 0.5) is 5.69 Å². The van der Waals surface area contributed by atoms with E-state index in [0.717, 1.165) is 29.8 Å².